The second-order valence-electron chi connectivity index (χ2n) is 5.26. The first kappa shape index (κ1) is 16.4. The third-order valence-electron chi connectivity index (χ3n) is 3.22. The van der Waals surface area contributed by atoms with Gasteiger partial charge in [-0.05, 0) is 23.8 Å². The molecule has 22 heavy (non-hydrogen) atoms. The molecule has 0 aliphatic carbocycles. The van der Waals surface area contributed by atoms with Crippen LogP contribution in [0.3, 0.4) is 0 Å². The summed E-state index contributed by atoms with van der Waals surface area (Å²) in [6, 6.07) is 9.59. The lowest BCUT2D eigenvalue weighted by molar-refractivity contribution is -0.143. The van der Waals surface area contributed by atoms with Gasteiger partial charge in [-0.15, -0.1) is 0 Å². The van der Waals surface area contributed by atoms with E-state index < -0.39 is 12.7 Å². The van der Waals surface area contributed by atoms with Crippen LogP contribution in [0.15, 0.2) is 36.5 Å². The molecule has 0 amide bonds. The van der Waals surface area contributed by atoms with Gasteiger partial charge < -0.3 is 10.2 Å². The maximum absolute atomic E-state index is 12.4. The highest BCUT2D eigenvalue weighted by Gasteiger charge is 2.29. The zero-order valence-electron chi connectivity index (χ0n) is 12.6. The number of rotatable bonds is 6. The fourth-order valence-corrected chi connectivity index (χ4v) is 2.07. The molecule has 0 saturated heterocycles. The van der Waals surface area contributed by atoms with Gasteiger partial charge in [0.2, 0.25) is 0 Å². The predicted octanol–water partition coefficient (Wildman–Crippen LogP) is 2.80. The number of nitrogens with zero attached hydrogens (tertiary/aromatic N) is 3. The zero-order chi connectivity index (χ0) is 16.2. The molecular formula is C15H19F3N4. The van der Waals surface area contributed by atoms with Gasteiger partial charge in [-0.3, -0.25) is 4.68 Å². The maximum atomic E-state index is 12.4. The van der Waals surface area contributed by atoms with Crippen molar-refractivity contribution < 1.29 is 13.2 Å². The molecule has 1 aromatic heterocycles. The van der Waals surface area contributed by atoms with Gasteiger partial charge >= 0.3 is 6.18 Å². The van der Waals surface area contributed by atoms with E-state index in [4.69, 9.17) is 0 Å². The van der Waals surface area contributed by atoms with E-state index in [0.29, 0.717) is 18.8 Å². The molecule has 120 valence electrons. The molecule has 4 nitrogen and oxygen atoms in total. The van der Waals surface area contributed by atoms with E-state index in [-0.39, 0.29) is 0 Å². The number of benzene rings is 1. The molecule has 0 spiro atoms. The first-order valence-electron chi connectivity index (χ1n) is 6.89. The van der Waals surface area contributed by atoms with Gasteiger partial charge in [0.1, 0.15) is 6.54 Å². The van der Waals surface area contributed by atoms with E-state index in [9.17, 15) is 13.2 Å². The summed E-state index contributed by atoms with van der Waals surface area (Å²) in [7, 11) is 3.93. The minimum Gasteiger partial charge on any atom is -0.378 e. The Kier molecular flexibility index (Phi) is 5.07. The Morgan fingerprint density at radius 3 is 2.36 bits per heavy atom. The number of hydrogen-bond donors (Lipinski definition) is 1. The molecule has 0 aliphatic heterocycles. The third kappa shape index (κ3) is 4.77. The summed E-state index contributed by atoms with van der Waals surface area (Å²) in [5, 5.41) is 6.85. The van der Waals surface area contributed by atoms with Crippen LogP contribution >= 0.6 is 0 Å². The Balaban J connectivity index is 1.87. The summed E-state index contributed by atoms with van der Waals surface area (Å²) in [6.07, 6.45) is -2.88. The van der Waals surface area contributed by atoms with E-state index in [0.717, 1.165) is 15.9 Å². The first-order chi connectivity index (χ1) is 10.3. The third-order valence-corrected chi connectivity index (χ3v) is 3.22. The molecule has 1 aromatic carbocycles. The van der Waals surface area contributed by atoms with Gasteiger partial charge in [-0.25, -0.2) is 0 Å². The van der Waals surface area contributed by atoms with Gasteiger partial charge in [0.15, 0.2) is 0 Å². The monoisotopic (exact) mass is 312 g/mol. The fraction of sp³-hybridized carbons (Fsp3) is 0.400. The van der Waals surface area contributed by atoms with Crippen LogP contribution in [0, 0.1) is 0 Å². The number of hydrogen-bond acceptors (Lipinski definition) is 3. The Labute approximate surface area is 127 Å². The molecule has 2 rings (SSSR count). The standard InChI is InChI=1S/C15H19F3N4/c1-21(2)13-5-3-12(4-6-13)9-19-10-14-7-8-20-22(14)11-15(16,17)18/h3-8,19H,9-11H2,1-2H3. The zero-order valence-corrected chi connectivity index (χ0v) is 12.6. The smallest absolute Gasteiger partial charge is 0.378 e. The van der Waals surface area contributed by atoms with Crippen molar-refractivity contribution in [3.05, 3.63) is 47.8 Å². The number of aromatic nitrogens is 2. The molecule has 0 bridgehead atoms. The van der Waals surface area contributed by atoms with Crippen molar-refractivity contribution in [1.29, 1.82) is 0 Å². The molecule has 1 N–H and O–H groups in total. The second-order valence-corrected chi connectivity index (χ2v) is 5.26. The summed E-state index contributed by atoms with van der Waals surface area (Å²) in [4.78, 5) is 2.01. The molecule has 0 atom stereocenters. The van der Waals surface area contributed by atoms with Crippen molar-refractivity contribution in [2.75, 3.05) is 19.0 Å². The van der Waals surface area contributed by atoms with Crippen molar-refractivity contribution in [2.24, 2.45) is 0 Å². The van der Waals surface area contributed by atoms with E-state index in [2.05, 4.69) is 10.4 Å². The van der Waals surface area contributed by atoms with Crippen LogP contribution in [0.2, 0.25) is 0 Å². The molecule has 2 aromatic rings. The van der Waals surface area contributed by atoms with Gasteiger partial charge in [0, 0.05) is 39.1 Å². The van der Waals surface area contributed by atoms with E-state index in [1.165, 1.54) is 6.20 Å². The largest absolute Gasteiger partial charge is 0.408 e. The molecule has 0 fully saturated rings. The SMILES string of the molecule is CN(C)c1ccc(CNCc2ccnn2CC(F)(F)F)cc1. The van der Waals surface area contributed by atoms with E-state index in [1.54, 1.807) is 6.07 Å². The minimum absolute atomic E-state index is 0.339. The minimum atomic E-state index is -4.26. The molecule has 0 unspecified atom stereocenters. The van der Waals surface area contributed by atoms with Gasteiger partial charge in [0.25, 0.3) is 0 Å². The quantitative estimate of drug-likeness (QED) is 0.890. The Morgan fingerprint density at radius 2 is 1.77 bits per heavy atom. The molecule has 0 radical (unpaired) electrons. The van der Waals surface area contributed by atoms with Crippen molar-refractivity contribution in [2.45, 2.75) is 25.8 Å². The average Bonchev–Trinajstić information content (AvgIpc) is 2.84. The predicted molar refractivity (Wildman–Crippen MR) is 79.6 cm³/mol. The van der Waals surface area contributed by atoms with Gasteiger partial charge in [0.05, 0.1) is 5.69 Å². The maximum Gasteiger partial charge on any atom is 0.408 e. The van der Waals surface area contributed by atoms with Crippen molar-refractivity contribution in [3.63, 3.8) is 0 Å². The number of halogens is 3. The van der Waals surface area contributed by atoms with Crippen LogP contribution in [0.4, 0.5) is 18.9 Å². The Hall–Kier alpha value is -2.02. The van der Waals surface area contributed by atoms with E-state index >= 15 is 0 Å². The van der Waals surface area contributed by atoms with Crippen LogP contribution < -0.4 is 10.2 Å². The number of anilines is 1. The summed E-state index contributed by atoms with van der Waals surface area (Å²) in [6.45, 7) is -0.134. The number of alkyl halides is 3. The van der Waals surface area contributed by atoms with Crippen LogP contribution in [-0.2, 0) is 19.6 Å². The topological polar surface area (TPSA) is 33.1 Å². The lowest BCUT2D eigenvalue weighted by Crippen LogP contribution is -2.23. The van der Waals surface area contributed by atoms with Crippen molar-refractivity contribution >= 4 is 5.69 Å². The molecule has 7 heteroatoms. The highest BCUT2D eigenvalue weighted by molar-refractivity contribution is 5.45. The molecule has 0 aliphatic rings. The summed E-state index contributed by atoms with van der Waals surface area (Å²) in [5.74, 6) is 0. The normalized spacial score (nSPS) is 11.7. The second kappa shape index (κ2) is 6.83. The Bertz CT molecular complexity index is 588. The highest BCUT2D eigenvalue weighted by atomic mass is 19.4. The van der Waals surface area contributed by atoms with Gasteiger partial charge in [-0.1, -0.05) is 12.1 Å². The Morgan fingerprint density at radius 1 is 1.09 bits per heavy atom. The lowest BCUT2D eigenvalue weighted by atomic mass is 10.2. The van der Waals surface area contributed by atoms with Gasteiger partial charge in [-0.2, -0.15) is 18.3 Å². The van der Waals surface area contributed by atoms with Crippen molar-refractivity contribution in [1.82, 2.24) is 15.1 Å². The van der Waals surface area contributed by atoms with E-state index in [1.807, 2.05) is 43.3 Å². The lowest BCUT2D eigenvalue weighted by Gasteiger charge is -2.13. The molecular weight excluding hydrogens is 293 g/mol. The molecule has 0 saturated carbocycles. The highest BCUT2D eigenvalue weighted by Crippen LogP contribution is 2.18. The fourth-order valence-electron chi connectivity index (χ4n) is 2.07. The number of nitrogens with one attached hydrogen (secondary N) is 1. The molecule has 1 heterocycles. The summed E-state index contributed by atoms with van der Waals surface area (Å²) in [5.41, 5.74) is 2.70. The van der Waals surface area contributed by atoms with Crippen LogP contribution in [0.25, 0.3) is 0 Å². The van der Waals surface area contributed by atoms with Crippen molar-refractivity contribution in [3.8, 4) is 0 Å². The summed E-state index contributed by atoms with van der Waals surface area (Å²) >= 11 is 0. The average molecular weight is 312 g/mol. The summed E-state index contributed by atoms with van der Waals surface area (Å²) < 4.78 is 38.2. The van der Waals surface area contributed by atoms with Crippen LogP contribution in [-0.4, -0.2) is 30.1 Å². The van der Waals surface area contributed by atoms with Crippen LogP contribution in [0.5, 0.6) is 0 Å². The first-order valence-corrected chi connectivity index (χ1v) is 6.89. The van der Waals surface area contributed by atoms with Crippen LogP contribution in [0.1, 0.15) is 11.3 Å².